The zero-order valence-corrected chi connectivity index (χ0v) is 7.36. The Labute approximate surface area is 77.2 Å². The molecule has 0 amide bonds. The highest BCUT2D eigenvalue weighted by Crippen LogP contribution is 2.18. The fourth-order valence-electron chi connectivity index (χ4n) is 1.15. The standard InChI is InChI=1S/C10H12N2O/c13-10(7-12-9-3-4-9)8-2-1-5-11-6-8/h1-2,5-6,9,12H,3-4,7H2. The lowest BCUT2D eigenvalue weighted by Gasteiger charge is -2.00. The van der Waals surface area contributed by atoms with E-state index in [0.717, 1.165) is 0 Å². The Morgan fingerprint density at radius 3 is 3.08 bits per heavy atom. The molecule has 68 valence electrons. The molecule has 1 saturated carbocycles. The zero-order valence-electron chi connectivity index (χ0n) is 7.36. The average molecular weight is 176 g/mol. The first kappa shape index (κ1) is 8.38. The van der Waals surface area contributed by atoms with Gasteiger partial charge in [0.15, 0.2) is 5.78 Å². The maximum Gasteiger partial charge on any atom is 0.178 e. The second-order valence-electron chi connectivity index (χ2n) is 3.32. The Kier molecular flexibility index (Phi) is 2.36. The van der Waals surface area contributed by atoms with Crippen molar-refractivity contribution in [3.63, 3.8) is 0 Å². The maximum atomic E-state index is 11.5. The minimum atomic E-state index is 0.125. The van der Waals surface area contributed by atoms with Crippen LogP contribution in [0, 0.1) is 0 Å². The molecular weight excluding hydrogens is 164 g/mol. The third kappa shape index (κ3) is 2.36. The van der Waals surface area contributed by atoms with Gasteiger partial charge < -0.3 is 5.32 Å². The molecule has 0 aromatic carbocycles. The van der Waals surface area contributed by atoms with E-state index in [9.17, 15) is 4.79 Å². The van der Waals surface area contributed by atoms with Crippen molar-refractivity contribution in [2.24, 2.45) is 0 Å². The summed E-state index contributed by atoms with van der Waals surface area (Å²) in [6.45, 7) is 0.441. The van der Waals surface area contributed by atoms with E-state index in [1.165, 1.54) is 12.8 Å². The van der Waals surface area contributed by atoms with Gasteiger partial charge in [0.1, 0.15) is 0 Å². The normalized spacial score (nSPS) is 15.7. The number of carbonyl (C=O) groups excluding carboxylic acids is 1. The minimum absolute atomic E-state index is 0.125. The Hall–Kier alpha value is -1.22. The summed E-state index contributed by atoms with van der Waals surface area (Å²) in [6, 6.07) is 4.16. The predicted octanol–water partition coefficient (Wildman–Crippen LogP) is 1.02. The van der Waals surface area contributed by atoms with E-state index in [2.05, 4.69) is 10.3 Å². The van der Waals surface area contributed by atoms with Crippen molar-refractivity contribution in [1.82, 2.24) is 10.3 Å². The van der Waals surface area contributed by atoms with Crippen molar-refractivity contribution in [2.45, 2.75) is 18.9 Å². The fraction of sp³-hybridized carbons (Fsp3) is 0.400. The van der Waals surface area contributed by atoms with Crippen LogP contribution in [0.3, 0.4) is 0 Å². The number of aromatic nitrogens is 1. The molecule has 0 radical (unpaired) electrons. The molecule has 3 nitrogen and oxygen atoms in total. The molecule has 0 unspecified atom stereocenters. The Morgan fingerprint density at radius 2 is 2.46 bits per heavy atom. The number of ketones is 1. The van der Waals surface area contributed by atoms with Gasteiger partial charge in [0, 0.05) is 24.0 Å². The lowest BCUT2D eigenvalue weighted by Crippen LogP contribution is -2.24. The van der Waals surface area contributed by atoms with E-state index in [0.29, 0.717) is 18.2 Å². The number of nitrogens with one attached hydrogen (secondary N) is 1. The largest absolute Gasteiger partial charge is 0.307 e. The maximum absolute atomic E-state index is 11.5. The SMILES string of the molecule is O=C(CNC1CC1)c1cccnc1. The summed E-state index contributed by atoms with van der Waals surface area (Å²) in [5.74, 6) is 0.125. The van der Waals surface area contributed by atoms with Gasteiger partial charge in [-0.2, -0.15) is 0 Å². The molecule has 1 aliphatic rings. The first-order chi connectivity index (χ1) is 6.36. The van der Waals surface area contributed by atoms with Crippen LogP contribution in [-0.2, 0) is 0 Å². The summed E-state index contributed by atoms with van der Waals surface area (Å²) < 4.78 is 0. The Balaban J connectivity index is 1.89. The van der Waals surface area contributed by atoms with Gasteiger partial charge in [-0.25, -0.2) is 0 Å². The number of hydrogen-bond acceptors (Lipinski definition) is 3. The van der Waals surface area contributed by atoms with E-state index in [1.54, 1.807) is 24.5 Å². The smallest absolute Gasteiger partial charge is 0.178 e. The molecule has 1 N–H and O–H groups in total. The third-order valence-corrected chi connectivity index (χ3v) is 2.11. The van der Waals surface area contributed by atoms with Crippen LogP contribution < -0.4 is 5.32 Å². The van der Waals surface area contributed by atoms with Crippen LogP contribution in [-0.4, -0.2) is 23.4 Å². The van der Waals surface area contributed by atoms with Crippen LogP contribution in [0.4, 0.5) is 0 Å². The van der Waals surface area contributed by atoms with Gasteiger partial charge in [0.2, 0.25) is 0 Å². The Morgan fingerprint density at radius 1 is 1.62 bits per heavy atom. The van der Waals surface area contributed by atoms with Crippen LogP contribution in [0.25, 0.3) is 0 Å². The molecule has 3 heteroatoms. The van der Waals surface area contributed by atoms with Crippen LogP contribution in [0.2, 0.25) is 0 Å². The van der Waals surface area contributed by atoms with Gasteiger partial charge in [-0.05, 0) is 25.0 Å². The molecular formula is C10H12N2O. The molecule has 1 heterocycles. The van der Waals surface area contributed by atoms with Gasteiger partial charge in [-0.3, -0.25) is 9.78 Å². The quantitative estimate of drug-likeness (QED) is 0.696. The van der Waals surface area contributed by atoms with E-state index in [4.69, 9.17) is 0 Å². The van der Waals surface area contributed by atoms with Crippen molar-refractivity contribution >= 4 is 5.78 Å². The highest BCUT2D eigenvalue weighted by molar-refractivity contribution is 5.97. The summed E-state index contributed by atoms with van der Waals surface area (Å²) in [7, 11) is 0. The summed E-state index contributed by atoms with van der Waals surface area (Å²) in [6.07, 6.45) is 5.70. The molecule has 13 heavy (non-hydrogen) atoms. The second kappa shape index (κ2) is 3.66. The van der Waals surface area contributed by atoms with Gasteiger partial charge in [0.25, 0.3) is 0 Å². The Bertz CT molecular complexity index is 293. The molecule has 0 bridgehead atoms. The first-order valence-electron chi connectivity index (χ1n) is 4.53. The summed E-state index contributed by atoms with van der Waals surface area (Å²) in [5.41, 5.74) is 0.690. The molecule has 1 aromatic heterocycles. The van der Waals surface area contributed by atoms with Crippen LogP contribution in [0.1, 0.15) is 23.2 Å². The highest BCUT2D eigenvalue weighted by Gasteiger charge is 2.21. The van der Waals surface area contributed by atoms with Crippen LogP contribution in [0.5, 0.6) is 0 Å². The monoisotopic (exact) mass is 176 g/mol. The van der Waals surface area contributed by atoms with Gasteiger partial charge >= 0.3 is 0 Å². The molecule has 1 aromatic rings. The molecule has 2 rings (SSSR count). The van der Waals surface area contributed by atoms with Gasteiger partial charge in [-0.1, -0.05) is 0 Å². The molecule has 0 atom stereocenters. The average Bonchev–Trinajstić information content (AvgIpc) is 2.99. The summed E-state index contributed by atoms with van der Waals surface area (Å²) in [5, 5.41) is 3.18. The fourth-order valence-corrected chi connectivity index (χ4v) is 1.15. The molecule has 1 fully saturated rings. The highest BCUT2D eigenvalue weighted by atomic mass is 16.1. The van der Waals surface area contributed by atoms with E-state index >= 15 is 0 Å². The molecule has 0 spiro atoms. The number of pyridine rings is 1. The topological polar surface area (TPSA) is 42.0 Å². The molecule has 0 saturated heterocycles. The lowest BCUT2D eigenvalue weighted by molar-refractivity contribution is 0.0990. The van der Waals surface area contributed by atoms with E-state index in [-0.39, 0.29) is 5.78 Å². The second-order valence-corrected chi connectivity index (χ2v) is 3.32. The number of nitrogens with zero attached hydrogens (tertiary/aromatic N) is 1. The molecule has 1 aliphatic carbocycles. The lowest BCUT2D eigenvalue weighted by atomic mass is 10.2. The van der Waals surface area contributed by atoms with Gasteiger partial charge in [-0.15, -0.1) is 0 Å². The number of hydrogen-bond donors (Lipinski definition) is 1. The third-order valence-electron chi connectivity index (χ3n) is 2.11. The number of Topliss-reactive ketones (excluding diaryl/α,β-unsaturated/α-hetero) is 1. The van der Waals surface area contributed by atoms with E-state index in [1.807, 2.05) is 0 Å². The van der Waals surface area contributed by atoms with Crippen molar-refractivity contribution in [2.75, 3.05) is 6.54 Å². The van der Waals surface area contributed by atoms with Crippen molar-refractivity contribution < 1.29 is 4.79 Å². The van der Waals surface area contributed by atoms with Crippen LogP contribution >= 0.6 is 0 Å². The van der Waals surface area contributed by atoms with Crippen molar-refractivity contribution in [3.8, 4) is 0 Å². The summed E-state index contributed by atoms with van der Waals surface area (Å²) in [4.78, 5) is 15.4. The predicted molar refractivity (Wildman–Crippen MR) is 49.6 cm³/mol. The zero-order chi connectivity index (χ0) is 9.10. The minimum Gasteiger partial charge on any atom is -0.307 e. The summed E-state index contributed by atoms with van der Waals surface area (Å²) >= 11 is 0. The van der Waals surface area contributed by atoms with Crippen molar-refractivity contribution in [3.05, 3.63) is 30.1 Å². The van der Waals surface area contributed by atoms with Gasteiger partial charge in [0.05, 0.1) is 6.54 Å². The number of carbonyl (C=O) groups is 1. The van der Waals surface area contributed by atoms with E-state index < -0.39 is 0 Å². The molecule has 0 aliphatic heterocycles. The van der Waals surface area contributed by atoms with Crippen LogP contribution in [0.15, 0.2) is 24.5 Å². The van der Waals surface area contributed by atoms with Crippen molar-refractivity contribution in [1.29, 1.82) is 0 Å². The number of rotatable bonds is 4. The first-order valence-corrected chi connectivity index (χ1v) is 4.53.